The van der Waals surface area contributed by atoms with E-state index in [0.717, 1.165) is 27.8 Å². The molecule has 9 heteroatoms. The summed E-state index contributed by atoms with van der Waals surface area (Å²) in [6.07, 6.45) is 1.30. The predicted molar refractivity (Wildman–Crippen MR) is 123 cm³/mol. The van der Waals surface area contributed by atoms with Crippen molar-refractivity contribution in [3.63, 3.8) is 0 Å². The molecule has 1 atom stereocenters. The maximum absolute atomic E-state index is 13.7. The second-order valence-electron chi connectivity index (χ2n) is 7.58. The average molecular weight is 464 g/mol. The van der Waals surface area contributed by atoms with Crippen molar-refractivity contribution in [3.05, 3.63) is 65.5 Å². The van der Waals surface area contributed by atoms with E-state index in [4.69, 9.17) is 0 Å². The van der Waals surface area contributed by atoms with Crippen molar-refractivity contribution < 1.29 is 22.4 Å². The number of amides is 2. The molecule has 1 N–H and O–H groups in total. The molecule has 0 fully saturated rings. The summed E-state index contributed by atoms with van der Waals surface area (Å²) in [5, 5.41) is 2.74. The summed E-state index contributed by atoms with van der Waals surface area (Å²) in [5.74, 6) is -1.49. The highest BCUT2D eigenvalue weighted by Gasteiger charge is 2.31. The number of nitrogens with zero attached hydrogens (tertiary/aromatic N) is 2. The molecule has 0 aliphatic heterocycles. The first-order valence-electron chi connectivity index (χ1n) is 10.4. The number of rotatable bonds is 10. The van der Waals surface area contributed by atoms with Crippen LogP contribution in [-0.4, -0.2) is 50.5 Å². The Bertz CT molecular complexity index is 1060. The number of nitrogens with one attached hydrogen (secondary N) is 1. The van der Waals surface area contributed by atoms with E-state index in [1.165, 1.54) is 23.1 Å². The summed E-state index contributed by atoms with van der Waals surface area (Å²) in [5.41, 5.74) is 1.86. The molecule has 2 rings (SSSR count). The van der Waals surface area contributed by atoms with E-state index in [9.17, 15) is 22.4 Å². The van der Waals surface area contributed by atoms with Crippen LogP contribution in [0.2, 0.25) is 0 Å². The first-order chi connectivity index (χ1) is 15.1. The van der Waals surface area contributed by atoms with Crippen LogP contribution in [0.5, 0.6) is 0 Å². The van der Waals surface area contributed by atoms with E-state index in [1.807, 2.05) is 31.2 Å². The largest absolute Gasteiger partial charge is 0.355 e. The predicted octanol–water partition coefficient (Wildman–Crippen LogP) is 2.84. The maximum Gasteiger partial charge on any atom is 0.244 e. The van der Waals surface area contributed by atoms with Crippen LogP contribution in [-0.2, 0) is 26.2 Å². The molecule has 0 radical (unpaired) electrons. The Morgan fingerprint density at radius 2 is 1.78 bits per heavy atom. The van der Waals surface area contributed by atoms with Gasteiger partial charge in [0.2, 0.25) is 21.8 Å². The normalized spacial score (nSPS) is 12.2. The molecule has 0 aliphatic rings. The van der Waals surface area contributed by atoms with E-state index in [-0.39, 0.29) is 18.1 Å². The van der Waals surface area contributed by atoms with Crippen LogP contribution < -0.4 is 9.62 Å². The van der Waals surface area contributed by atoms with Crippen molar-refractivity contribution in [1.29, 1.82) is 0 Å². The Kier molecular flexibility index (Phi) is 8.77. The first kappa shape index (κ1) is 25.3. The lowest BCUT2D eigenvalue weighted by Crippen LogP contribution is -2.52. The van der Waals surface area contributed by atoms with Crippen molar-refractivity contribution >= 4 is 27.5 Å². The van der Waals surface area contributed by atoms with Crippen molar-refractivity contribution in [1.82, 2.24) is 10.2 Å². The van der Waals surface area contributed by atoms with Gasteiger partial charge in [-0.15, -0.1) is 0 Å². The Labute approximate surface area is 189 Å². The molecule has 2 aromatic carbocycles. The molecule has 32 heavy (non-hydrogen) atoms. The summed E-state index contributed by atoms with van der Waals surface area (Å²) in [7, 11) is -3.89. The molecule has 0 aliphatic carbocycles. The van der Waals surface area contributed by atoms with E-state index in [0.29, 0.717) is 13.0 Å². The summed E-state index contributed by atoms with van der Waals surface area (Å²) >= 11 is 0. The Morgan fingerprint density at radius 3 is 2.34 bits per heavy atom. The highest BCUT2D eigenvalue weighted by atomic mass is 32.2. The third-order valence-electron chi connectivity index (χ3n) is 4.95. The van der Waals surface area contributed by atoms with Gasteiger partial charge in [-0.1, -0.05) is 42.8 Å². The summed E-state index contributed by atoms with van der Waals surface area (Å²) < 4.78 is 39.5. The van der Waals surface area contributed by atoms with Crippen LogP contribution in [0, 0.1) is 12.7 Å². The summed E-state index contributed by atoms with van der Waals surface area (Å²) in [6, 6.07) is 11.8. The fourth-order valence-electron chi connectivity index (χ4n) is 3.46. The Balaban J connectivity index is 2.43. The van der Waals surface area contributed by atoms with Gasteiger partial charge in [-0.05, 0) is 44.0 Å². The van der Waals surface area contributed by atoms with Crippen LogP contribution in [0.25, 0.3) is 0 Å². The topological polar surface area (TPSA) is 86.8 Å². The highest BCUT2D eigenvalue weighted by Crippen LogP contribution is 2.20. The fraction of sp³-hybridized carbons (Fsp3) is 0.391. The molecule has 2 aromatic rings. The molecule has 0 saturated carbocycles. The third kappa shape index (κ3) is 6.78. The van der Waals surface area contributed by atoms with Gasteiger partial charge in [0, 0.05) is 13.1 Å². The van der Waals surface area contributed by atoms with Crippen LogP contribution in [0.15, 0.2) is 48.5 Å². The monoisotopic (exact) mass is 463 g/mol. The van der Waals surface area contributed by atoms with Gasteiger partial charge in [0.05, 0.1) is 11.9 Å². The molecule has 174 valence electrons. The quantitative estimate of drug-likeness (QED) is 0.587. The molecule has 0 aromatic heterocycles. The molecule has 0 heterocycles. The molecule has 0 saturated heterocycles. The first-order valence-corrected chi connectivity index (χ1v) is 12.3. The Morgan fingerprint density at radius 1 is 1.09 bits per heavy atom. The van der Waals surface area contributed by atoms with E-state index >= 15 is 0 Å². The number of sulfonamides is 1. The summed E-state index contributed by atoms with van der Waals surface area (Å²) in [4.78, 5) is 27.5. The fourth-order valence-corrected chi connectivity index (χ4v) is 4.31. The summed E-state index contributed by atoms with van der Waals surface area (Å²) in [6.45, 7) is 5.48. The van der Waals surface area contributed by atoms with Gasteiger partial charge in [-0.3, -0.25) is 13.9 Å². The van der Waals surface area contributed by atoms with Gasteiger partial charge < -0.3 is 10.2 Å². The number of anilines is 1. The number of benzene rings is 2. The van der Waals surface area contributed by atoms with Crippen LogP contribution in [0.3, 0.4) is 0 Å². The maximum atomic E-state index is 13.7. The SMILES string of the molecule is CCNC(=O)[C@@H](CC)N(Cc1cccc(C)c1)C(=O)CN(c1cccc(F)c1)S(C)(=O)=O. The van der Waals surface area contributed by atoms with Crippen LogP contribution in [0.4, 0.5) is 10.1 Å². The van der Waals surface area contributed by atoms with Gasteiger partial charge >= 0.3 is 0 Å². The van der Waals surface area contributed by atoms with Gasteiger partial charge in [0.1, 0.15) is 18.4 Å². The lowest BCUT2D eigenvalue weighted by Gasteiger charge is -2.32. The molecule has 0 unspecified atom stereocenters. The highest BCUT2D eigenvalue weighted by molar-refractivity contribution is 7.92. The zero-order chi connectivity index (χ0) is 23.9. The molecule has 0 bridgehead atoms. The van der Waals surface area contributed by atoms with Crippen molar-refractivity contribution in [2.24, 2.45) is 0 Å². The number of hydrogen-bond acceptors (Lipinski definition) is 4. The van der Waals surface area contributed by atoms with Crippen molar-refractivity contribution in [2.75, 3.05) is 23.7 Å². The number of carbonyl (C=O) groups excluding carboxylic acids is 2. The smallest absolute Gasteiger partial charge is 0.244 e. The molecule has 0 spiro atoms. The number of halogens is 1. The third-order valence-corrected chi connectivity index (χ3v) is 6.09. The van der Waals surface area contributed by atoms with E-state index < -0.39 is 34.3 Å². The molecular formula is C23H30FN3O4S. The lowest BCUT2D eigenvalue weighted by atomic mass is 10.1. The van der Waals surface area contributed by atoms with E-state index in [1.54, 1.807) is 13.8 Å². The van der Waals surface area contributed by atoms with Crippen molar-refractivity contribution in [3.8, 4) is 0 Å². The van der Waals surface area contributed by atoms with Crippen molar-refractivity contribution in [2.45, 2.75) is 39.8 Å². The average Bonchev–Trinajstić information content (AvgIpc) is 2.71. The minimum Gasteiger partial charge on any atom is -0.355 e. The standard InChI is InChI=1S/C23H30FN3O4S/c1-5-21(23(29)25-6-2)26(15-18-10-7-9-17(3)13-18)22(28)16-27(32(4,30)31)20-12-8-11-19(24)14-20/h7-14,21H,5-6,15-16H2,1-4H3,(H,25,29)/t21-/m1/s1. The van der Waals surface area contributed by atoms with Gasteiger partial charge in [-0.2, -0.15) is 0 Å². The van der Waals surface area contributed by atoms with Gasteiger partial charge in [0.15, 0.2) is 0 Å². The van der Waals surface area contributed by atoms with Crippen LogP contribution >= 0.6 is 0 Å². The second-order valence-corrected chi connectivity index (χ2v) is 9.49. The Hall–Kier alpha value is -2.94. The molecular weight excluding hydrogens is 433 g/mol. The van der Waals surface area contributed by atoms with Crippen LogP contribution in [0.1, 0.15) is 31.4 Å². The number of likely N-dealkylation sites (N-methyl/N-ethyl adjacent to an activating group) is 1. The zero-order valence-electron chi connectivity index (χ0n) is 18.8. The van der Waals surface area contributed by atoms with Gasteiger partial charge in [0.25, 0.3) is 0 Å². The minimum absolute atomic E-state index is 0.0439. The molecule has 2 amide bonds. The molecule has 7 nitrogen and oxygen atoms in total. The minimum atomic E-state index is -3.89. The number of hydrogen-bond donors (Lipinski definition) is 1. The number of carbonyl (C=O) groups is 2. The number of aryl methyl sites for hydroxylation is 1. The van der Waals surface area contributed by atoms with E-state index in [2.05, 4.69) is 5.32 Å². The second kappa shape index (κ2) is 11.1. The zero-order valence-corrected chi connectivity index (χ0v) is 19.7. The van der Waals surface area contributed by atoms with Gasteiger partial charge in [-0.25, -0.2) is 12.8 Å². The lowest BCUT2D eigenvalue weighted by molar-refractivity contribution is -0.140.